The Bertz CT molecular complexity index is 275. The molecule has 0 saturated heterocycles. The minimum Gasteiger partial charge on any atom is -0.306 e. The van der Waals surface area contributed by atoms with Crippen LogP contribution in [-0.2, 0) is 16.8 Å². The molecule has 1 unspecified atom stereocenters. The molecule has 0 spiro atoms. The average Bonchev–Trinajstić information content (AvgIpc) is 1.85. The van der Waals surface area contributed by atoms with E-state index in [-0.39, 0.29) is 5.75 Å². The van der Waals surface area contributed by atoms with Gasteiger partial charge in [0.25, 0.3) is 0 Å². The van der Waals surface area contributed by atoms with E-state index < -0.39 is 11.1 Å². The van der Waals surface area contributed by atoms with Crippen molar-refractivity contribution in [3.05, 3.63) is 29.6 Å². The first-order valence-electron chi connectivity index (χ1n) is 3.18. The number of aryl methyl sites for hydroxylation is 1. The summed E-state index contributed by atoms with van der Waals surface area (Å²) >= 11 is -1.79. The zero-order valence-electron chi connectivity index (χ0n) is 6.15. The Morgan fingerprint density at radius 3 is 2.91 bits per heavy atom. The van der Waals surface area contributed by atoms with Crippen molar-refractivity contribution >= 4 is 11.1 Å². The van der Waals surface area contributed by atoms with Crippen molar-refractivity contribution in [3.8, 4) is 0 Å². The van der Waals surface area contributed by atoms with Gasteiger partial charge in [-0.05, 0) is 19.1 Å². The van der Waals surface area contributed by atoms with E-state index in [9.17, 15) is 4.21 Å². The summed E-state index contributed by atoms with van der Waals surface area (Å²) in [5.41, 5.74) is 1.53. The van der Waals surface area contributed by atoms with Crippen molar-refractivity contribution in [1.82, 2.24) is 4.98 Å². The predicted octanol–water partition coefficient (Wildman–Crippen LogP) is 1.11. The SMILES string of the molecule is Cc1cccc(CS(=O)O)n1. The van der Waals surface area contributed by atoms with Gasteiger partial charge in [0, 0.05) is 5.69 Å². The third kappa shape index (κ3) is 2.78. The molecule has 1 N–H and O–H groups in total. The van der Waals surface area contributed by atoms with Crippen LogP contribution in [-0.4, -0.2) is 13.7 Å². The van der Waals surface area contributed by atoms with Gasteiger partial charge in [0.05, 0.1) is 11.4 Å². The van der Waals surface area contributed by atoms with Gasteiger partial charge in [0.15, 0.2) is 11.1 Å². The Hall–Kier alpha value is -0.740. The van der Waals surface area contributed by atoms with Crippen LogP contribution < -0.4 is 0 Å². The molecule has 1 heterocycles. The summed E-state index contributed by atoms with van der Waals surface area (Å²) in [5.74, 6) is 0.113. The Morgan fingerprint density at radius 2 is 2.36 bits per heavy atom. The molecular formula is C7H9NO2S. The lowest BCUT2D eigenvalue weighted by molar-refractivity contribution is 0.563. The third-order valence-corrected chi connectivity index (χ3v) is 1.76. The molecule has 4 heteroatoms. The predicted molar refractivity (Wildman–Crippen MR) is 43.4 cm³/mol. The molecule has 0 radical (unpaired) electrons. The molecule has 1 atom stereocenters. The van der Waals surface area contributed by atoms with Gasteiger partial charge in [-0.25, -0.2) is 4.21 Å². The molecule has 11 heavy (non-hydrogen) atoms. The van der Waals surface area contributed by atoms with Crippen LogP contribution >= 0.6 is 0 Å². The first-order valence-corrected chi connectivity index (χ1v) is 4.46. The normalized spacial score (nSPS) is 12.9. The van der Waals surface area contributed by atoms with Crippen LogP contribution in [0.1, 0.15) is 11.4 Å². The molecule has 1 rings (SSSR count). The van der Waals surface area contributed by atoms with Gasteiger partial charge in [-0.1, -0.05) is 6.07 Å². The lowest BCUT2D eigenvalue weighted by Gasteiger charge is -1.96. The maximum atomic E-state index is 10.4. The fourth-order valence-electron chi connectivity index (χ4n) is 0.806. The lowest BCUT2D eigenvalue weighted by Crippen LogP contribution is -1.96. The van der Waals surface area contributed by atoms with Gasteiger partial charge < -0.3 is 4.55 Å². The average molecular weight is 171 g/mol. The topological polar surface area (TPSA) is 50.2 Å². The number of hydrogen-bond donors (Lipinski definition) is 1. The van der Waals surface area contributed by atoms with Gasteiger partial charge in [-0.2, -0.15) is 0 Å². The summed E-state index contributed by atoms with van der Waals surface area (Å²) in [6.07, 6.45) is 0. The highest BCUT2D eigenvalue weighted by molar-refractivity contribution is 7.78. The van der Waals surface area contributed by atoms with Gasteiger partial charge in [0.1, 0.15) is 0 Å². The van der Waals surface area contributed by atoms with Crippen LogP contribution in [0.4, 0.5) is 0 Å². The second-order valence-electron chi connectivity index (χ2n) is 2.24. The summed E-state index contributed by atoms with van der Waals surface area (Å²) in [7, 11) is 0. The largest absolute Gasteiger partial charge is 0.306 e. The van der Waals surface area contributed by atoms with E-state index in [1.165, 1.54) is 0 Å². The van der Waals surface area contributed by atoms with Gasteiger partial charge >= 0.3 is 0 Å². The van der Waals surface area contributed by atoms with Crippen molar-refractivity contribution in [2.45, 2.75) is 12.7 Å². The van der Waals surface area contributed by atoms with E-state index in [0.29, 0.717) is 5.69 Å². The lowest BCUT2D eigenvalue weighted by atomic mass is 10.3. The van der Waals surface area contributed by atoms with Crippen molar-refractivity contribution < 1.29 is 8.76 Å². The minimum absolute atomic E-state index is 0.113. The fraction of sp³-hybridized carbons (Fsp3) is 0.286. The van der Waals surface area contributed by atoms with E-state index >= 15 is 0 Å². The first-order chi connectivity index (χ1) is 5.18. The van der Waals surface area contributed by atoms with E-state index in [1.54, 1.807) is 6.07 Å². The van der Waals surface area contributed by atoms with Crippen molar-refractivity contribution in [3.63, 3.8) is 0 Å². The monoisotopic (exact) mass is 171 g/mol. The molecule has 60 valence electrons. The maximum absolute atomic E-state index is 10.4. The maximum Gasteiger partial charge on any atom is 0.158 e. The molecule has 0 aliphatic carbocycles. The fourth-order valence-corrected chi connectivity index (χ4v) is 1.22. The summed E-state index contributed by atoms with van der Waals surface area (Å²) in [6.45, 7) is 1.85. The van der Waals surface area contributed by atoms with E-state index in [4.69, 9.17) is 4.55 Å². The number of aromatic nitrogens is 1. The van der Waals surface area contributed by atoms with Gasteiger partial charge in [-0.3, -0.25) is 4.98 Å². The molecular weight excluding hydrogens is 162 g/mol. The minimum atomic E-state index is -1.79. The summed E-state index contributed by atoms with van der Waals surface area (Å²) in [6, 6.07) is 5.41. The van der Waals surface area contributed by atoms with E-state index in [0.717, 1.165) is 5.69 Å². The molecule has 0 amide bonds. The Labute approximate surface area is 67.8 Å². The highest BCUT2D eigenvalue weighted by atomic mass is 32.2. The molecule has 0 aliphatic rings. The highest BCUT2D eigenvalue weighted by Gasteiger charge is 1.97. The highest BCUT2D eigenvalue weighted by Crippen LogP contribution is 1.99. The smallest absolute Gasteiger partial charge is 0.158 e. The quantitative estimate of drug-likeness (QED) is 0.678. The Balaban J connectivity index is 2.79. The van der Waals surface area contributed by atoms with Gasteiger partial charge in [-0.15, -0.1) is 0 Å². The third-order valence-electron chi connectivity index (χ3n) is 1.22. The number of pyridine rings is 1. The standard InChI is InChI=1S/C7H9NO2S/c1-6-3-2-4-7(8-6)5-11(9)10/h2-4H,5H2,1H3,(H,9,10). The summed E-state index contributed by atoms with van der Waals surface area (Å²) < 4.78 is 18.9. The molecule has 1 aromatic heterocycles. The molecule has 1 aromatic rings. The molecule has 0 bridgehead atoms. The van der Waals surface area contributed by atoms with Crippen molar-refractivity contribution in [1.29, 1.82) is 0 Å². The number of rotatable bonds is 2. The Morgan fingerprint density at radius 1 is 1.64 bits per heavy atom. The van der Waals surface area contributed by atoms with E-state index in [2.05, 4.69) is 4.98 Å². The van der Waals surface area contributed by atoms with Crippen LogP contribution in [0.3, 0.4) is 0 Å². The Kier molecular flexibility index (Phi) is 2.73. The second-order valence-corrected chi connectivity index (χ2v) is 3.17. The van der Waals surface area contributed by atoms with Crippen LogP contribution in [0.2, 0.25) is 0 Å². The van der Waals surface area contributed by atoms with Crippen molar-refractivity contribution in [2.24, 2.45) is 0 Å². The van der Waals surface area contributed by atoms with Crippen LogP contribution in [0, 0.1) is 6.92 Å². The first kappa shape index (κ1) is 8.36. The summed E-state index contributed by atoms with van der Waals surface area (Å²) in [5, 5.41) is 0. The summed E-state index contributed by atoms with van der Waals surface area (Å²) in [4.78, 5) is 4.06. The van der Waals surface area contributed by atoms with Gasteiger partial charge in [0.2, 0.25) is 0 Å². The number of nitrogens with zero attached hydrogens (tertiary/aromatic N) is 1. The molecule has 0 saturated carbocycles. The van der Waals surface area contributed by atoms with Crippen LogP contribution in [0.15, 0.2) is 18.2 Å². The molecule has 3 nitrogen and oxygen atoms in total. The second kappa shape index (κ2) is 3.59. The zero-order valence-corrected chi connectivity index (χ0v) is 6.97. The molecule has 0 fully saturated rings. The van der Waals surface area contributed by atoms with Crippen LogP contribution in [0.25, 0.3) is 0 Å². The molecule has 0 aliphatic heterocycles. The number of hydrogen-bond acceptors (Lipinski definition) is 2. The van der Waals surface area contributed by atoms with Crippen LogP contribution in [0.5, 0.6) is 0 Å². The van der Waals surface area contributed by atoms with E-state index in [1.807, 2.05) is 19.1 Å². The van der Waals surface area contributed by atoms with Crippen molar-refractivity contribution in [2.75, 3.05) is 0 Å². The zero-order chi connectivity index (χ0) is 8.27. The molecule has 0 aromatic carbocycles.